The topological polar surface area (TPSA) is 70.5 Å². The number of carboxylic acids is 1. The highest BCUT2D eigenvalue weighted by molar-refractivity contribution is 5.99. The van der Waals surface area contributed by atoms with E-state index in [1.165, 1.54) is 0 Å². The molecule has 3 rings (SSSR count). The largest absolute Gasteiger partial charge is 0.481 e. The number of carbonyl (C=O) groups is 2. The smallest absolute Gasteiger partial charge is 0.308 e. The minimum absolute atomic E-state index is 0.128. The normalized spacial score (nSPS) is 17.9. The van der Waals surface area contributed by atoms with Crippen LogP contribution < -0.4 is 0 Å². The van der Waals surface area contributed by atoms with E-state index in [1.54, 1.807) is 4.90 Å². The first-order valence-corrected chi connectivity index (χ1v) is 7.36. The molecule has 1 N–H and O–H groups in total. The minimum Gasteiger partial charge on any atom is -0.481 e. The summed E-state index contributed by atoms with van der Waals surface area (Å²) in [6.07, 6.45) is 0.514. The number of benzene rings is 1. The van der Waals surface area contributed by atoms with Crippen molar-refractivity contribution in [2.45, 2.75) is 20.3 Å². The van der Waals surface area contributed by atoms with E-state index in [0.717, 1.165) is 16.5 Å². The molecule has 5 heteroatoms. The van der Waals surface area contributed by atoms with E-state index in [-0.39, 0.29) is 12.5 Å². The fourth-order valence-corrected chi connectivity index (χ4v) is 2.91. The van der Waals surface area contributed by atoms with Crippen LogP contribution in [0.25, 0.3) is 10.9 Å². The number of aromatic nitrogens is 1. The third kappa shape index (κ3) is 2.54. The van der Waals surface area contributed by atoms with E-state index in [9.17, 15) is 9.59 Å². The lowest BCUT2D eigenvalue weighted by atomic mass is 10.1. The van der Waals surface area contributed by atoms with Crippen molar-refractivity contribution in [3.05, 3.63) is 41.1 Å². The number of carbonyl (C=O) groups excluding carboxylic acids is 1. The van der Waals surface area contributed by atoms with Crippen molar-refractivity contribution in [2.75, 3.05) is 13.1 Å². The van der Waals surface area contributed by atoms with Crippen LogP contribution in [-0.4, -0.2) is 40.0 Å². The van der Waals surface area contributed by atoms with Gasteiger partial charge in [-0.05, 0) is 38.0 Å². The molecule has 0 saturated carbocycles. The first kappa shape index (κ1) is 14.5. The average molecular weight is 298 g/mol. The molecule has 2 heterocycles. The van der Waals surface area contributed by atoms with Crippen LogP contribution in [0, 0.1) is 19.8 Å². The molecule has 1 aliphatic rings. The quantitative estimate of drug-likeness (QED) is 0.924. The zero-order valence-corrected chi connectivity index (χ0v) is 12.7. The van der Waals surface area contributed by atoms with E-state index in [1.807, 2.05) is 38.1 Å². The zero-order valence-electron chi connectivity index (χ0n) is 12.7. The van der Waals surface area contributed by atoms with Crippen LogP contribution in [0.4, 0.5) is 0 Å². The number of likely N-dealkylation sites (tertiary alicyclic amines) is 1. The Labute approximate surface area is 128 Å². The zero-order chi connectivity index (χ0) is 15.9. The number of aryl methyl sites for hydroxylation is 2. The van der Waals surface area contributed by atoms with E-state index < -0.39 is 11.9 Å². The second-order valence-corrected chi connectivity index (χ2v) is 5.89. The second-order valence-electron chi connectivity index (χ2n) is 5.89. The van der Waals surface area contributed by atoms with E-state index in [2.05, 4.69) is 4.98 Å². The molecule has 1 aromatic heterocycles. The number of pyridine rings is 1. The Morgan fingerprint density at radius 2 is 2.05 bits per heavy atom. The molecule has 2 aromatic rings. The predicted octanol–water partition coefficient (Wildman–Crippen LogP) is 2.40. The van der Waals surface area contributed by atoms with Crippen LogP contribution in [0.2, 0.25) is 0 Å². The average Bonchev–Trinajstić information content (AvgIpc) is 2.95. The van der Waals surface area contributed by atoms with Gasteiger partial charge in [0.2, 0.25) is 0 Å². The van der Waals surface area contributed by atoms with Gasteiger partial charge in [0.05, 0.1) is 22.7 Å². The maximum Gasteiger partial charge on any atom is 0.308 e. The minimum atomic E-state index is -0.834. The second kappa shape index (κ2) is 5.40. The lowest BCUT2D eigenvalue weighted by molar-refractivity contribution is -0.141. The van der Waals surface area contributed by atoms with Crippen LogP contribution in [-0.2, 0) is 4.79 Å². The van der Waals surface area contributed by atoms with Gasteiger partial charge in [-0.3, -0.25) is 14.6 Å². The molecule has 0 spiro atoms. The molecule has 5 nitrogen and oxygen atoms in total. The molecule has 1 fully saturated rings. The molecule has 1 saturated heterocycles. The summed E-state index contributed by atoms with van der Waals surface area (Å²) in [4.78, 5) is 29.8. The Hall–Kier alpha value is -2.43. The van der Waals surface area contributed by atoms with Gasteiger partial charge < -0.3 is 10.0 Å². The molecule has 114 valence electrons. The van der Waals surface area contributed by atoms with E-state index in [4.69, 9.17) is 5.11 Å². The van der Waals surface area contributed by atoms with Crippen molar-refractivity contribution in [2.24, 2.45) is 5.92 Å². The van der Waals surface area contributed by atoms with Crippen molar-refractivity contribution in [1.29, 1.82) is 0 Å². The van der Waals surface area contributed by atoms with Gasteiger partial charge in [-0.15, -0.1) is 0 Å². The summed E-state index contributed by atoms with van der Waals surface area (Å²) >= 11 is 0. The van der Waals surface area contributed by atoms with Gasteiger partial charge in [-0.1, -0.05) is 12.1 Å². The van der Waals surface area contributed by atoms with Crippen LogP contribution in [0.5, 0.6) is 0 Å². The molecule has 22 heavy (non-hydrogen) atoms. The van der Waals surface area contributed by atoms with Gasteiger partial charge in [-0.25, -0.2) is 0 Å². The summed E-state index contributed by atoms with van der Waals surface area (Å²) in [5, 5.41) is 9.98. The lowest BCUT2D eigenvalue weighted by Crippen LogP contribution is -2.30. The van der Waals surface area contributed by atoms with Crippen molar-refractivity contribution < 1.29 is 14.7 Å². The van der Waals surface area contributed by atoms with Crippen molar-refractivity contribution in [3.63, 3.8) is 0 Å². The fraction of sp³-hybridized carbons (Fsp3) is 0.353. The summed E-state index contributed by atoms with van der Waals surface area (Å²) < 4.78 is 0. The number of fused-ring (bicyclic) bond motifs is 1. The molecular weight excluding hydrogens is 280 g/mol. The summed E-state index contributed by atoms with van der Waals surface area (Å²) in [6, 6.07) is 7.79. The van der Waals surface area contributed by atoms with Gasteiger partial charge in [0.15, 0.2) is 0 Å². The number of rotatable bonds is 2. The standard InChI is InChI=1S/C17H18N2O3/c1-10-3-4-12-8-14(11(2)18-15(12)7-10)16(20)19-6-5-13(9-19)17(21)22/h3-4,7-8,13H,5-6,9H2,1-2H3,(H,21,22). The van der Waals surface area contributed by atoms with Crippen LogP contribution in [0.15, 0.2) is 24.3 Å². The van der Waals surface area contributed by atoms with Crippen LogP contribution in [0.1, 0.15) is 28.0 Å². The summed E-state index contributed by atoms with van der Waals surface area (Å²) in [7, 11) is 0. The van der Waals surface area contributed by atoms with Gasteiger partial charge in [-0.2, -0.15) is 0 Å². The highest BCUT2D eigenvalue weighted by Crippen LogP contribution is 2.23. The van der Waals surface area contributed by atoms with Gasteiger partial charge >= 0.3 is 5.97 Å². The molecule has 1 amide bonds. The summed E-state index contributed by atoms with van der Waals surface area (Å²) in [6.45, 7) is 4.59. The summed E-state index contributed by atoms with van der Waals surface area (Å²) in [5.74, 6) is -1.42. The highest BCUT2D eigenvalue weighted by Gasteiger charge is 2.32. The molecule has 0 bridgehead atoms. The van der Waals surface area contributed by atoms with E-state index in [0.29, 0.717) is 24.2 Å². The molecule has 1 aliphatic heterocycles. The third-order valence-corrected chi connectivity index (χ3v) is 4.22. The molecular formula is C17H18N2O3. The highest BCUT2D eigenvalue weighted by atomic mass is 16.4. The van der Waals surface area contributed by atoms with Crippen molar-refractivity contribution in [1.82, 2.24) is 9.88 Å². The molecule has 0 radical (unpaired) electrons. The Morgan fingerprint density at radius 3 is 2.73 bits per heavy atom. The Bertz CT molecular complexity index is 770. The summed E-state index contributed by atoms with van der Waals surface area (Å²) in [5.41, 5.74) is 3.24. The van der Waals surface area contributed by atoms with Gasteiger partial charge in [0, 0.05) is 18.5 Å². The number of nitrogens with zero attached hydrogens (tertiary/aromatic N) is 2. The maximum atomic E-state index is 12.6. The first-order valence-electron chi connectivity index (χ1n) is 7.36. The number of aliphatic carboxylic acids is 1. The maximum absolute atomic E-state index is 12.6. The lowest BCUT2D eigenvalue weighted by Gasteiger charge is -2.17. The molecule has 1 unspecified atom stereocenters. The van der Waals surface area contributed by atoms with Gasteiger partial charge in [0.25, 0.3) is 5.91 Å². The predicted molar refractivity (Wildman–Crippen MR) is 82.9 cm³/mol. The third-order valence-electron chi connectivity index (χ3n) is 4.22. The number of carboxylic acid groups (broad SMARTS) is 1. The van der Waals surface area contributed by atoms with Crippen LogP contribution in [0.3, 0.4) is 0 Å². The molecule has 1 atom stereocenters. The van der Waals surface area contributed by atoms with Crippen molar-refractivity contribution >= 4 is 22.8 Å². The number of amides is 1. The van der Waals surface area contributed by atoms with E-state index >= 15 is 0 Å². The Kier molecular flexibility index (Phi) is 3.56. The SMILES string of the molecule is Cc1ccc2cc(C(=O)N3CCC(C(=O)O)C3)c(C)nc2c1. The first-order chi connectivity index (χ1) is 10.5. The van der Waals surface area contributed by atoms with Crippen LogP contribution >= 0.6 is 0 Å². The number of hydrogen-bond acceptors (Lipinski definition) is 3. The fourth-order valence-electron chi connectivity index (χ4n) is 2.91. The Morgan fingerprint density at radius 1 is 1.27 bits per heavy atom. The number of hydrogen-bond donors (Lipinski definition) is 1. The molecule has 0 aliphatic carbocycles. The van der Waals surface area contributed by atoms with Crippen molar-refractivity contribution in [3.8, 4) is 0 Å². The monoisotopic (exact) mass is 298 g/mol. The Balaban J connectivity index is 1.93. The van der Waals surface area contributed by atoms with Gasteiger partial charge in [0.1, 0.15) is 0 Å². The molecule has 1 aromatic carbocycles.